The van der Waals surface area contributed by atoms with Gasteiger partial charge >= 0.3 is 0 Å². The molecule has 0 spiro atoms. The van der Waals surface area contributed by atoms with Crippen molar-refractivity contribution in [3.05, 3.63) is 29.9 Å². The molecule has 0 aromatic carbocycles. The van der Waals surface area contributed by atoms with Crippen LogP contribution in [-0.4, -0.2) is 33.3 Å². The average molecular weight is 260 g/mol. The molecule has 1 fully saturated rings. The van der Waals surface area contributed by atoms with Crippen molar-refractivity contribution in [3.8, 4) is 11.4 Å². The minimum absolute atomic E-state index is 0.283. The first-order chi connectivity index (χ1) is 9.19. The molecule has 1 atom stereocenters. The second-order valence-electron chi connectivity index (χ2n) is 4.93. The van der Waals surface area contributed by atoms with E-state index in [0.717, 1.165) is 24.1 Å². The maximum Gasteiger partial charge on any atom is 0.260 e. The molecule has 0 amide bonds. The Morgan fingerprint density at radius 2 is 2.37 bits per heavy atom. The van der Waals surface area contributed by atoms with E-state index in [2.05, 4.69) is 20.4 Å². The summed E-state index contributed by atoms with van der Waals surface area (Å²) >= 11 is 0. The molecule has 100 valence electrons. The Balaban J connectivity index is 1.93. The van der Waals surface area contributed by atoms with Crippen LogP contribution in [0.25, 0.3) is 11.4 Å². The lowest BCUT2D eigenvalue weighted by atomic mass is 9.94. The van der Waals surface area contributed by atoms with Crippen LogP contribution >= 0.6 is 0 Å². The fourth-order valence-electron chi connectivity index (χ4n) is 2.32. The van der Waals surface area contributed by atoms with E-state index in [-0.39, 0.29) is 5.89 Å². The van der Waals surface area contributed by atoms with Gasteiger partial charge in [0, 0.05) is 24.5 Å². The Hall–Kier alpha value is -1.79. The van der Waals surface area contributed by atoms with Crippen LogP contribution in [0, 0.1) is 6.92 Å². The molecule has 2 N–H and O–H groups in total. The number of nitrogens with zero attached hydrogens (tertiary/aromatic N) is 3. The molecule has 0 aliphatic carbocycles. The second-order valence-corrected chi connectivity index (χ2v) is 4.93. The van der Waals surface area contributed by atoms with Crippen molar-refractivity contribution in [2.24, 2.45) is 0 Å². The Morgan fingerprint density at radius 3 is 3.11 bits per heavy atom. The van der Waals surface area contributed by atoms with Gasteiger partial charge in [0.15, 0.2) is 5.60 Å². The summed E-state index contributed by atoms with van der Waals surface area (Å²) in [6, 6.07) is 1.84. The van der Waals surface area contributed by atoms with Crippen LogP contribution in [0.5, 0.6) is 0 Å². The minimum Gasteiger partial charge on any atom is -0.379 e. The molecule has 6 nitrogen and oxygen atoms in total. The summed E-state index contributed by atoms with van der Waals surface area (Å²) in [5, 5.41) is 17.6. The van der Waals surface area contributed by atoms with Crippen LogP contribution < -0.4 is 5.32 Å². The number of nitrogens with one attached hydrogen (secondary N) is 1. The summed E-state index contributed by atoms with van der Waals surface area (Å²) in [5.74, 6) is 0.778. The molecule has 19 heavy (non-hydrogen) atoms. The fourth-order valence-corrected chi connectivity index (χ4v) is 2.32. The summed E-state index contributed by atoms with van der Waals surface area (Å²) in [6.45, 7) is 3.30. The Bertz CT molecular complexity index is 576. The van der Waals surface area contributed by atoms with Crippen molar-refractivity contribution in [1.82, 2.24) is 20.4 Å². The molecular weight excluding hydrogens is 244 g/mol. The second kappa shape index (κ2) is 4.71. The number of aryl methyl sites for hydroxylation is 1. The van der Waals surface area contributed by atoms with Crippen molar-refractivity contribution >= 4 is 0 Å². The molecule has 2 aromatic heterocycles. The number of hydrogen-bond acceptors (Lipinski definition) is 6. The van der Waals surface area contributed by atoms with E-state index >= 15 is 0 Å². The van der Waals surface area contributed by atoms with Gasteiger partial charge < -0.3 is 14.9 Å². The zero-order valence-electron chi connectivity index (χ0n) is 10.8. The number of β-amino-alcohol motifs (C(OH)–C–C–N with tert-alkyl or cyclic N) is 1. The topological polar surface area (TPSA) is 84.1 Å². The Morgan fingerprint density at radius 1 is 1.47 bits per heavy atom. The van der Waals surface area contributed by atoms with Gasteiger partial charge in [-0.05, 0) is 37.9 Å². The first kappa shape index (κ1) is 12.3. The highest BCUT2D eigenvalue weighted by atomic mass is 16.5. The molecule has 1 aliphatic rings. The third-order valence-corrected chi connectivity index (χ3v) is 3.45. The van der Waals surface area contributed by atoms with Crippen molar-refractivity contribution in [3.63, 3.8) is 0 Å². The first-order valence-electron chi connectivity index (χ1n) is 6.37. The summed E-state index contributed by atoms with van der Waals surface area (Å²) in [5.41, 5.74) is 0.797. The summed E-state index contributed by atoms with van der Waals surface area (Å²) in [4.78, 5) is 8.38. The minimum atomic E-state index is -1.05. The Labute approximate surface area is 110 Å². The largest absolute Gasteiger partial charge is 0.379 e. The average Bonchev–Trinajstić information content (AvgIpc) is 2.90. The van der Waals surface area contributed by atoms with E-state index in [4.69, 9.17) is 4.52 Å². The molecule has 6 heteroatoms. The molecule has 1 saturated heterocycles. The highest BCUT2D eigenvalue weighted by molar-refractivity contribution is 5.58. The monoisotopic (exact) mass is 260 g/mol. The highest BCUT2D eigenvalue weighted by Gasteiger charge is 2.37. The normalized spacial score (nSPS) is 23.5. The summed E-state index contributed by atoms with van der Waals surface area (Å²) < 4.78 is 5.25. The summed E-state index contributed by atoms with van der Waals surface area (Å²) in [6.07, 6.45) is 4.97. The van der Waals surface area contributed by atoms with E-state index < -0.39 is 5.60 Å². The molecule has 0 saturated carbocycles. The number of piperidine rings is 1. The third kappa shape index (κ3) is 2.24. The van der Waals surface area contributed by atoms with Gasteiger partial charge in [-0.3, -0.25) is 4.98 Å². The van der Waals surface area contributed by atoms with Crippen LogP contribution in [0.15, 0.2) is 23.0 Å². The standard InChI is InChI=1S/C13H16N4O2/c1-9-7-14-6-3-10(9)11-16-12(19-17-11)13(18)4-2-5-15-8-13/h3,6-7,15,18H,2,4-5,8H2,1H3. The van der Waals surface area contributed by atoms with Crippen LogP contribution in [0.2, 0.25) is 0 Å². The van der Waals surface area contributed by atoms with Crippen LogP contribution in [0.1, 0.15) is 24.3 Å². The maximum atomic E-state index is 10.5. The first-order valence-corrected chi connectivity index (χ1v) is 6.37. The van der Waals surface area contributed by atoms with Crippen LogP contribution in [0.3, 0.4) is 0 Å². The van der Waals surface area contributed by atoms with E-state index in [1.807, 2.05) is 13.0 Å². The molecule has 1 aliphatic heterocycles. The molecule has 0 radical (unpaired) electrons. The predicted molar refractivity (Wildman–Crippen MR) is 68.3 cm³/mol. The van der Waals surface area contributed by atoms with Gasteiger partial charge in [-0.15, -0.1) is 0 Å². The van der Waals surface area contributed by atoms with Crippen LogP contribution in [-0.2, 0) is 5.60 Å². The number of pyridine rings is 1. The van der Waals surface area contributed by atoms with E-state index in [0.29, 0.717) is 18.8 Å². The third-order valence-electron chi connectivity index (χ3n) is 3.45. The van der Waals surface area contributed by atoms with E-state index in [1.54, 1.807) is 12.4 Å². The molecule has 3 heterocycles. The van der Waals surface area contributed by atoms with Gasteiger partial charge in [0.05, 0.1) is 0 Å². The zero-order chi connectivity index (χ0) is 13.3. The van der Waals surface area contributed by atoms with Gasteiger partial charge in [0.25, 0.3) is 5.89 Å². The van der Waals surface area contributed by atoms with Gasteiger partial charge in [-0.25, -0.2) is 0 Å². The molecule has 2 aromatic rings. The van der Waals surface area contributed by atoms with Crippen molar-refractivity contribution in [2.75, 3.05) is 13.1 Å². The van der Waals surface area contributed by atoms with Crippen molar-refractivity contribution in [2.45, 2.75) is 25.4 Å². The van der Waals surface area contributed by atoms with Crippen LogP contribution in [0.4, 0.5) is 0 Å². The van der Waals surface area contributed by atoms with Gasteiger partial charge in [0.1, 0.15) is 0 Å². The summed E-state index contributed by atoms with van der Waals surface area (Å²) in [7, 11) is 0. The molecule has 0 bridgehead atoms. The van der Waals surface area contributed by atoms with Crippen molar-refractivity contribution < 1.29 is 9.63 Å². The lowest BCUT2D eigenvalue weighted by Gasteiger charge is -2.28. The van der Waals surface area contributed by atoms with E-state index in [1.165, 1.54) is 0 Å². The number of rotatable bonds is 2. The number of hydrogen-bond donors (Lipinski definition) is 2. The number of aromatic nitrogens is 3. The van der Waals surface area contributed by atoms with Crippen molar-refractivity contribution in [1.29, 1.82) is 0 Å². The lowest BCUT2D eigenvalue weighted by Crippen LogP contribution is -2.43. The fraction of sp³-hybridized carbons (Fsp3) is 0.462. The zero-order valence-corrected chi connectivity index (χ0v) is 10.8. The van der Waals surface area contributed by atoms with Gasteiger partial charge in [-0.1, -0.05) is 5.16 Å². The van der Waals surface area contributed by atoms with E-state index in [9.17, 15) is 5.11 Å². The highest BCUT2D eigenvalue weighted by Crippen LogP contribution is 2.29. The number of aliphatic hydroxyl groups is 1. The molecule has 3 rings (SSSR count). The molecule has 1 unspecified atom stereocenters. The van der Waals surface area contributed by atoms with Gasteiger partial charge in [-0.2, -0.15) is 4.98 Å². The Kier molecular flexibility index (Phi) is 3.04. The maximum absolute atomic E-state index is 10.5. The quantitative estimate of drug-likeness (QED) is 0.838. The predicted octanol–water partition coefficient (Wildman–Crippen LogP) is 1.01. The smallest absolute Gasteiger partial charge is 0.260 e. The SMILES string of the molecule is Cc1cnccc1-c1noc(C2(O)CCCNC2)n1. The lowest BCUT2D eigenvalue weighted by molar-refractivity contribution is -0.0167. The molecular formula is C13H16N4O2. The van der Waals surface area contributed by atoms with Gasteiger partial charge in [0.2, 0.25) is 5.82 Å².